The van der Waals surface area contributed by atoms with Gasteiger partial charge in [-0.2, -0.15) is 0 Å². The van der Waals surface area contributed by atoms with Gasteiger partial charge in [0, 0.05) is 23.0 Å². The highest BCUT2D eigenvalue weighted by atomic mass is 35.5. The molecule has 3 nitrogen and oxygen atoms in total. The van der Waals surface area contributed by atoms with Crippen LogP contribution in [-0.4, -0.2) is 10.9 Å². The van der Waals surface area contributed by atoms with Crippen LogP contribution in [-0.2, 0) is 0 Å². The Kier molecular flexibility index (Phi) is 5.84. The minimum atomic E-state index is -0.200. The fourth-order valence-corrected chi connectivity index (χ4v) is 3.54. The van der Waals surface area contributed by atoms with Crippen molar-refractivity contribution in [3.8, 4) is 22.4 Å². The van der Waals surface area contributed by atoms with Crippen molar-refractivity contribution >= 4 is 34.8 Å². The van der Waals surface area contributed by atoms with E-state index in [9.17, 15) is 4.79 Å². The van der Waals surface area contributed by atoms with E-state index in [1.54, 1.807) is 18.3 Å². The minimum Gasteiger partial charge on any atom is -0.322 e. The number of rotatable bonds is 4. The van der Waals surface area contributed by atoms with E-state index >= 15 is 0 Å². The second-order valence-corrected chi connectivity index (χ2v) is 7.74. The van der Waals surface area contributed by atoms with Crippen molar-refractivity contribution in [2.75, 3.05) is 5.32 Å². The van der Waals surface area contributed by atoms with Crippen molar-refractivity contribution in [1.82, 2.24) is 4.98 Å². The van der Waals surface area contributed by atoms with Gasteiger partial charge >= 0.3 is 0 Å². The predicted molar refractivity (Wildman–Crippen MR) is 124 cm³/mol. The first-order chi connectivity index (χ1) is 14.5. The molecular weight excluding hydrogens is 415 g/mol. The Hall–Kier alpha value is -3.14. The Morgan fingerprint density at radius 1 is 0.833 bits per heavy atom. The lowest BCUT2D eigenvalue weighted by molar-refractivity contribution is 0.102. The van der Waals surface area contributed by atoms with Gasteiger partial charge in [0.1, 0.15) is 0 Å². The molecule has 4 rings (SSSR count). The lowest BCUT2D eigenvalue weighted by Gasteiger charge is -2.13. The Labute approximate surface area is 185 Å². The summed E-state index contributed by atoms with van der Waals surface area (Å²) in [6, 6.07) is 24.5. The van der Waals surface area contributed by atoms with Gasteiger partial charge in [0.25, 0.3) is 5.91 Å². The number of pyridine rings is 1. The van der Waals surface area contributed by atoms with E-state index in [2.05, 4.69) is 10.3 Å². The first kappa shape index (κ1) is 20.1. The van der Waals surface area contributed by atoms with Crippen molar-refractivity contribution in [1.29, 1.82) is 0 Å². The number of nitrogens with one attached hydrogen (secondary N) is 1. The number of nitrogens with zero attached hydrogens (tertiary/aromatic N) is 1. The summed E-state index contributed by atoms with van der Waals surface area (Å²) in [6.45, 7) is 1.99. The maximum atomic E-state index is 13.1. The summed E-state index contributed by atoms with van der Waals surface area (Å²) in [4.78, 5) is 17.5. The molecule has 0 spiro atoms. The molecule has 4 aromatic rings. The highest BCUT2D eigenvalue weighted by Gasteiger charge is 2.15. The van der Waals surface area contributed by atoms with Gasteiger partial charge in [-0.05, 0) is 60.5 Å². The van der Waals surface area contributed by atoms with E-state index in [1.165, 1.54) is 0 Å². The van der Waals surface area contributed by atoms with Crippen LogP contribution in [0.25, 0.3) is 22.4 Å². The van der Waals surface area contributed by atoms with E-state index in [1.807, 2.05) is 73.7 Å². The maximum absolute atomic E-state index is 13.1. The molecule has 30 heavy (non-hydrogen) atoms. The Morgan fingerprint density at radius 3 is 2.47 bits per heavy atom. The molecule has 3 aromatic carbocycles. The summed E-state index contributed by atoms with van der Waals surface area (Å²) in [5, 5.41) is 3.92. The number of hydrogen-bond donors (Lipinski definition) is 1. The van der Waals surface area contributed by atoms with Crippen molar-refractivity contribution in [3.63, 3.8) is 0 Å². The minimum absolute atomic E-state index is 0.200. The summed E-state index contributed by atoms with van der Waals surface area (Å²) in [7, 11) is 0. The van der Waals surface area contributed by atoms with Crippen LogP contribution in [0.2, 0.25) is 10.0 Å². The van der Waals surface area contributed by atoms with E-state index in [0.717, 1.165) is 27.9 Å². The molecule has 5 heteroatoms. The van der Waals surface area contributed by atoms with Crippen LogP contribution in [0.5, 0.6) is 0 Å². The zero-order valence-corrected chi connectivity index (χ0v) is 17.7. The van der Waals surface area contributed by atoms with Crippen LogP contribution < -0.4 is 5.32 Å². The van der Waals surface area contributed by atoms with Crippen LogP contribution in [0.15, 0.2) is 85.1 Å². The summed E-state index contributed by atoms with van der Waals surface area (Å²) < 4.78 is 0. The van der Waals surface area contributed by atoms with Gasteiger partial charge in [-0.15, -0.1) is 0 Å². The van der Waals surface area contributed by atoms with E-state index in [0.29, 0.717) is 21.3 Å². The normalized spacial score (nSPS) is 10.6. The Balaban J connectivity index is 1.67. The molecule has 0 saturated carbocycles. The summed E-state index contributed by atoms with van der Waals surface area (Å²) >= 11 is 12.3. The van der Waals surface area contributed by atoms with Gasteiger partial charge in [-0.3, -0.25) is 9.78 Å². The third-order valence-electron chi connectivity index (χ3n) is 4.73. The summed E-state index contributed by atoms with van der Waals surface area (Å²) in [5.74, 6) is -0.200. The third-order valence-corrected chi connectivity index (χ3v) is 5.47. The van der Waals surface area contributed by atoms with E-state index in [-0.39, 0.29) is 5.91 Å². The molecule has 1 N–H and O–H groups in total. The predicted octanol–water partition coefficient (Wildman–Crippen LogP) is 7.28. The maximum Gasteiger partial charge on any atom is 0.256 e. The van der Waals surface area contributed by atoms with Crippen LogP contribution in [0.4, 0.5) is 5.69 Å². The van der Waals surface area contributed by atoms with Crippen molar-refractivity contribution in [3.05, 3.63) is 106 Å². The molecule has 0 aliphatic rings. The molecule has 0 radical (unpaired) electrons. The second kappa shape index (κ2) is 8.70. The SMILES string of the molecule is Cc1ccc(C(=O)Nc2cccc(-c3ccccn3)c2)c(-c2ccc(Cl)c(Cl)c2)c1. The average Bonchev–Trinajstić information content (AvgIpc) is 2.76. The number of aryl methyl sites for hydroxylation is 1. The summed E-state index contributed by atoms with van der Waals surface area (Å²) in [6.07, 6.45) is 1.75. The smallest absolute Gasteiger partial charge is 0.256 e. The Morgan fingerprint density at radius 2 is 1.70 bits per heavy atom. The standard InChI is InChI=1S/C25H18Cl2N2O/c1-16-8-10-20(21(13-16)17-9-11-22(26)23(27)15-17)25(30)29-19-6-4-5-18(14-19)24-7-2-3-12-28-24/h2-15H,1H3,(H,29,30). The van der Waals surface area contributed by atoms with Crippen LogP contribution in [0.1, 0.15) is 15.9 Å². The molecule has 1 heterocycles. The zero-order chi connectivity index (χ0) is 21.1. The van der Waals surface area contributed by atoms with Crippen LogP contribution >= 0.6 is 23.2 Å². The quantitative estimate of drug-likeness (QED) is 0.367. The fraction of sp³-hybridized carbons (Fsp3) is 0.0400. The molecule has 1 amide bonds. The molecule has 0 bridgehead atoms. The third kappa shape index (κ3) is 4.38. The van der Waals surface area contributed by atoms with Gasteiger partial charge in [0.2, 0.25) is 0 Å². The first-order valence-corrected chi connectivity index (χ1v) is 10.2. The molecule has 0 saturated heterocycles. The number of hydrogen-bond acceptors (Lipinski definition) is 2. The van der Waals surface area contributed by atoms with Crippen molar-refractivity contribution < 1.29 is 4.79 Å². The molecule has 148 valence electrons. The number of carbonyl (C=O) groups is 1. The van der Waals surface area contributed by atoms with Crippen LogP contribution in [0, 0.1) is 6.92 Å². The molecule has 0 aliphatic carbocycles. The molecule has 0 atom stereocenters. The average molecular weight is 433 g/mol. The molecule has 1 aromatic heterocycles. The molecular formula is C25H18Cl2N2O. The number of anilines is 1. The topological polar surface area (TPSA) is 42.0 Å². The van der Waals surface area contributed by atoms with Gasteiger partial charge in [-0.1, -0.05) is 65.2 Å². The second-order valence-electron chi connectivity index (χ2n) is 6.93. The Bertz CT molecular complexity index is 1220. The number of halogens is 2. The number of benzene rings is 3. The van der Waals surface area contributed by atoms with E-state index < -0.39 is 0 Å². The fourth-order valence-electron chi connectivity index (χ4n) is 3.25. The highest BCUT2D eigenvalue weighted by Crippen LogP contribution is 2.31. The molecule has 0 fully saturated rings. The van der Waals surface area contributed by atoms with Gasteiger partial charge in [-0.25, -0.2) is 0 Å². The van der Waals surface area contributed by atoms with Gasteiger partial charge in [0.15, 0.2) is 0 Å². The first-order valence-electron chi connectivity index (χ1n) is 9.40. The lowest BCUT2D eigenvalue weighted by Crippen LogP contribution is -2.13. The van der Waals surface area contributed by atoms with Crippen molar-refractivity contribution in [2.45, 2.75) is 6.92 Å². The van der Waals surface area contributed by atoms with Crippen LogP contribution in [0.3, 0.4) is 0 Å². The molecule has 0 unspecified atom stereocenters. The van der Waals surface area contributed by atoms with E-state index in [4.69, 9.17) is 23.2 Å². The summed E-state index contributed by atoms with van der Waals surface area (Å²) in [5.41, 5.74) is 5.71. The van der Waals surface area contributed by atoms with Gasteiger partial charge in [0.05, 0.1) is 15.7 Å². The van der Waals surface area contributed by atoms with Gasteiger partial charge < -0.3 is 5.32 Å². The number of aromatic nitrogens is 1. The highest BCUT2D eigenvalue weighted by molar-refractivity contribution is 6.42. The zero-order valence-electron chi connectivity index (χ0n) is 16.2. The molecule has 0 aliphatic heterocycles. The largest absolute Gasteiger partial charge is 0.322 e. The monoisotopic (exact) mass is 432 g/mol. The number of amides is 1. The van der Waals surface area contributed by atoms with Crippen molar-refractivity contribution in [2.24, 2.45) is 0 Å². The lowest BCUT2D eigenvalue weighted by atomic mass is 9.97. The number of carbonyl (C=O) groups excluding carboxylic acids is 1.